The van der Waals surface area contributed by atoms with E-state index in [0.717, 1.165) is 33.0 Å². The van der Waals surface area contributed by atoms with Crippen LogP contribution in [0.25, 0.3) is 0 Å². The predicted molar refractivity (Wildman–Crippen MR) is 82.1 cm³/mol. The summed E-state index contributed by atoms with van der Waals surface area (Å²) in [7, 11) is 2.00. The topological polar surface area (TPSA) is 29.3 Å². The van der Waals surface area contributed by atoms with Gasteiger partial charge in [0.2, 0.25) is 0 Å². The molecule has 0 heterocycles. The molecular weight excluding hydrogens is 312 g/mol. The quantitative estimate of drug-likeness (QED) is 0.852. The van der Waals surface area contributed by atoms with E-state index < -0.39 is 0 Å². The third kappa shape index (κ3) is 2.98. The van der Waals surface area contributed by atoms with Crippen molar-refractivity contribution in [2.75, 3.05) is 17.7 Å². The van der Waals surface area contributed by atoms with E-state index in [2.05, 4.69) is 20.8 Å². The molecule has 0 aliphatic carbocycles. The maximum Gasteiger partial charge on any atom is 0.0601 e. The number of nitrogen functional groups attached to an aromatic ring is 1. The third-order valence-electron chi connectivity index (χ3n) is 2.77. The van der Waals surface area contributed by atoms with Crippen LogP contribution in [0.5, 0.6) is 0 Å². The molecule has 2 aromatic carbocycles. The molecule has 0 bridgehead atoms. The van der Waals surface area contributed by atoms with Gasteiger partial charge in [0.1, 0.15) is 0 Å². The molecule has 0 atom stereocenters. The average Bonchev–Trinajstić information content (AvgIpc) is 2.32. The van der Waals surface area contributed by atoms with Crippen molar-refractivity contribution < 1.29 is 0 Å². The van der Waals surface area contributed by atoms with Crippen molar-refractivity contribution in [2.45, 2.75) is 6.54 Å². The maximum atomic E-state index is 6.16. The highest BCUT2D eigenvalue weighted by molar-refractivity contribution is 9.10. The fourth-order valence-corrected chi connectivity index (χ4v) is 2.41. The maximum absolute atomic E-state index is 6.16. The summed E-state index contributed by atoms with van der Waals surface area (Å²) in [6, 6.07) is 13.7. The molecule has 0 aromatic heterocycles. The van der Waals surface area contributed by atoms with Crippen LogP contribution in [0.2, 0.25) is 5.02 Å². The van der Waals surface area contributed by atoms with E-state index in [-0.39, 0.29) is 0 Å². The summed E-state index contributed by atoms with van der Waals surface area (Å²) in [5.41, 5.74) is 8.84. The largest absolute Gasteiger partial charge is 0.397 e. The minimum Gasteiger partial charge on any atom is -0.397 e. The second kappa shape index (κ2) is 5.63. The van der Waals surface area contributed by atoms with Gasteiger partial charge in [-0.25, -0.2) is 0 Å². The fourth-order valence-electron chi connectivity index (χ4n) is 1.84. The van der Waals surface area contributed by atoms with E-state index >= 15 is 0 Å². The van der Waals surface area contributed by atoms with Crippen LogP contribution in [-0.4, -0.2) is 7.05 Å². The van der Waals surface area contributed by atoms with Crippen molar-refractivity contribution in [3.63, 3.8) is 0 Å². The van der Waals surface area contributed by atoms with Crippen LogP contribution in [0.1, 0.15) is 5.56 Å². The van der Waals surface area contributed by atoms with Crippen molar-refractivity contribution in [1.82, 2.24) is 0 Å². The standard InChI is InChI=1S/C14H14BrClN2/c1-18(9-10-4-2-3-5-12(10)16)14-7-6-11(15)8-13(14)17/h2-8H,9,17H2,1H3. The lowest BCUT2D eigenvalue weighted by atomic mass is 10.2. The lowest BCUT2D eigenvalue weighted by Crippen LogP contribution is -2.17. The highest BCUT2D eigenvalue weighted by Crippen LogP contribution is 2.28. The Kier molecular flexibility index (Phi) is 4.15. The summed E-state index contributed by atoms with van der Waals surface area (Å²) < 4.78 is 0.981. The summed E-state index contributed by atoms with van der Waals surface area (Å²) in [4.78, 5) is 2.09. The van der Waals surface area contributed by atoms with Crippen molar-refractivity contribution in [2.24, 2.45) is 0 Å². The average molecular weight is 326 g/mol. The molecule has 4 heteroatoms. The number of rotatable bonds is 3. The second-order valence-electron chi connectivity index (χ2n) is 4.15. The van der Waals surface area contributed by atoms with Crippen molar-refractivity contribution in [3.05, 3.63) is 57.5 Å². The van der Waals surface area contributed by atoms with E-state index in [1.165, 1.54) is 0 Å². The first kappa shape index (κ1) is 13.2. The molecule has 0 unspecified atom stereocenters. The van der Waals surface area contributed by atoms with Crippen LogP contribution in [-0.2, 0) is 6.54 Å². The molecule has 18 heavy (non-hydrogen) atoms. The third-order valence-corrected chi connectivity index (χ3v) is 3.63. The Labute approximate surface area is 120 Å². The number of hydrogen-bond acceptors (Lipinski definition) is 2. The summed E-state index contributed by atoms with van der Waals surface area (Å²) >= 11 is 9.56. The van der Waals surface area contributed by atoms with Crippen LogP contribution in [0, 0.1) is 0 Å². The van der Waals surface area contributed by atoms with Gasteiger partial charge in [-0.1, -0.05) is 45.7 Å². The van der Waals surface area contributed by atoms with Crippen molar-refractivity contribution in [1.29, 1.82) is 0 Å². The molecule has 2 aromatic rings. The number of hydrogen-bond donors (Lipinski definition) is 1. The SMILES string of the molecule is CN(Cc1ccccc1Cl)c1ccc(Br)cc1N. The van der Waals surface area contributed by atoms with Gasteiger partial charge in [0, 0.05) is 23.1 Å². The smallest absolute Gasteiger partial charge is 0.0601 e. The Hall–Kier alpha value is -1.19. The van der Waals surface area contributed by atoms with Crippen LogP contribution < -0.4 is 10.6 Å². The molecule has 94 valence electrons. The molecule has 2 N–H and O–H groups in total. The van der Waals surface area contributed by atoms with Gasteiger partial charge in [0.25, 0.3) is 0 Å². The van der Waals surface area contributed by atoms with Crippen molar-refractivity contribution in [3.8, 4) is 0 Å². The predicted octanol–water partition coefficient (Wildman–Crippen LogP) is 4.32. The zero-order valence-corrected chi connectivity index (χ0v) is 12.4. The van der Waals surface area contributed by atoms with Gasteiger partial charge >= 0.3 is 0 Å². The zero-order chi connectivity index (χ0) is 13.1. The van der Waals surface area contributed by atoms with Gasteiger partial charge in [0.05, 0.1) is 11.4 Å². The van der Waals surface area contributed by atoms with Gasteiger partial charge in [-0.2, -0.15) is 0 Å². The molecule has 0 fully saturated rings. The number of nitrogens with zero attached hydrogens (tertiary/aromatic N) is 1. The first-order valence-corrected chi connectivity index (χ1v) is 6.74. The van der Waals surface area contributed by atoms with Crippen LogP contribution in [0.15, 0.2) is 46.9 Å². The Balaban J connectivity index is 2.22. The molecule has 0 saturated carbocycles. The number of halogens is 2. The van der Waals surface area contributed by atoms with E-state index in [0.29, 0.717) is 0 Å². The Morgan fingerprint density at radius 2 is 1.94 bits per heavy atom. The first-order valence-electron chi connectivity index (χ1n) is 5.57. The molecule has 0 amide bonds. The van der Waals surface area contributed by atoms with Gasteiger partial charge in [0.15, 0.2) is 0 Å². The highest BCUT2D eigenvalue weighted by Gasteiger charge is 2.08. The number of anilines is 2. The summed E-state index contributed by atoms with van der Waals surface area (Å²) in [6.07, 6.45) is 0. The molecular formula is C14H14BrClN2. The summed E-state index contributed by atoms with van der Waals surface area (Å²) in [5, 5.41) is 0.778. The number of nitrogens with two attached hydrogens (primary N) is 1. The highest BCUT2D eigenvalue weighted by atomic mass is 79.9. The molecule has 0 aliphatic heterocycles. The fraction of sp³-hybridized carbons (Fsp3) is 0.143. The Morgan fingerprint density at radius 3 is 2.61 bits per heavy atom. The van der Waals surface area contributed by atoms with E-state index in [1.807, 2.05) is 49.5 Å². The van der Waals surface area contributed by atoms with Crippen molar-refractivity contribution >= 4 is 38.9 Å². The molecule has 0 saturated heterocycles. The monoisotopic (exact) mass is 324 g/mol. The van der Waals surface area contributed by atoms with E-state index in [4.69, 9.17) is 17.3 Å². The second-order valence-corrected chi connectivity index (χ2v) is 5.47. The Bertz CT molecular complexity index is 557. The van der Waals surface area contributed by atoms with Gasteiger partial charge in [-0.15, -0.1) is 0 Å². The lowest BCUT2D eigenvalue weighted by Gasteiger charge is -2.21. The van der Waals surface area contributed by atoms with Crippen LogP contribution >= 0.6 is 27.5 Å². The first-order chi connectivity index (χ1) is 8.58. The normalized spacial score (nSPS) is 10.4. The zero-order valence-electron chi connectivity index (χ0n) is 10.0. The molecule has 0 radical (unpaired) electrons. The molecule has 0 spiro atoms. The van der Waals surface area contributed by atoms with Gasteiger partial charge < -0.3 is 10.6 Å². The van der Waals surface area contributed by atoms with Crippen LogP contribution in [0.4, 0.5) is 11.4 Å². The minimum absolute atomic E-state index is 0.728. The lowest BCUT2D eigenvalue weighted by molar-refractivity contribution is 0.925. The summed E-state index contributed by atoms with van der Waals surface area (Å²) in [5.74, 6) is 0. The van der Waals surface area contributed by atoms with Crippen LogP contribution in [0.3, 0.4) is 0 Å². The minimum atomic E-state index is 0.728. The summed E-state index contributed by atoms with van der Waals surface area (Å²) in [6.45, 7) is 0.728. The van der Waals surface area contributed by atoms with Gasteiger partial charge in [-0.05, 0) is 29.8 Å². The molecule has 2 nitrogen and oxygen atoms in total. The van der Waals surface area contributed by atoms with E-state index in [1.54, 1.807) is 0 Å². The number of benzene rings is 2. The van der Waals surface area contributed by atoms with Gasteiger partial charge in [-0.3, -0.25) is 0 Å². The molecule has 2 rings (SSSR count). The Morgan fingerprint density at radius 1 is 1.22 bits per heavy atom. The molecule has 0 aliphatic rings. The van der Waals surface area contributed by atoms with E-state index in [9.17, 15) is 0 Å².